The molecule has 0 bridgehead atoms. The Labute approximate surface area is 235 Å². The number of ketones is 1. The highest BCUT2D eigenvalue weighted by Crippen LogP contribution is 2.15. The summed E-state index contributed by atoms with van der Waals surface area (Å²) in [5, 5.41) is 7.98. The van der Waals surface area contributed by atoms with Crippen LogP contribution in [0.3, 0.4) is 0 Å². The summed E-state index contributed by atoms with van der Waals surface area (Å²) in [6, 6.07) is 7.05. The molecule has 1 aromatic heterocycles. The van der Waals surface area contributed by atoms with E-state index in [1.165, 1.54) is 19.4 Å². The van der Waals surface area contributed by atoms with Crippen molar-refractivity contribution in [2.75, 3.05) is 20.8 Å². The molecule has 0 unspecified atom stereocenters. The molecule has 1 aromatic carbocycles. The van der Waals surface area contributed by atoms with Gasteiger partial charge in [0.05, 0.1) is 26.0 Å². The molecule has 11 nitrogen and oxygen atoms in total. The van der Waals surface area contributed by atoms with E-state index in [9.17, 15) is 19.2 Å². The molecule has 0 saturated heterocycles. The van der Waals surface area contributed by atoms with E-state index in [2.05, 4.69) is 16.0 Å². The number of nitrogens with one attached hydrogen (secondary N) is 3. The molecule has 1 heterocycles. The van der Waals surface area contributed by atoms with Crippen molar-refractivity contribution >= 4 is 23.7 Å². The van der Waals surface area contributed by atoms with E-state index in [1.54, 1.807) is 58.2 Å². The molecule has 220 valence electrons. The zero-order valence-electron chi connectivity index (χ0n) is 24.2. The Morgan fingerprint density at radius 2 is 1.50 bits per heavy atom. The first kappa shape index (κ1) is 32.4. The van der Waals surface area contributed by atoms with Crippen molar-refractivity contribution < 1.29 is 37.8 Å². The Hall–Kier alpha value is -3.86. The zero-order chi connectivity index (χ0) is 29.9. The Morgan fingerprint density at radius 3 is 2.02 bits per heavy atom. The molecule has 0 fully saturated rings. The van der Waals surface area contributed by atoms with E-state index in [0.717, 1.165) is 5.56 Å². The first-order valence-corrected chi connectivity index (χ1v) is 13.1. The molecule has 3 atom stereocenters. The third-order valence-electron chi connectivity index (χ3n) is 5.68. The third kappa shape index (κ3) is 10.7. The number of ether oxygens (including phenoxy) is 3. The minimum atomic E-state index is -1.14. The van der Waals surface area contributed by atoms with Gasteiger partial charge in [-0.2, -0.15) is 0 Å². The molecule has 2 rings (SSSR count). The molecule has 0 aliphatic rings. The number of furan rings is 1. The third-order valence-corrected chi connectivity index (χ3v) is 5.68. The van der Waals surface area contributed by atoms with Crippen molar-refractivity contribution in [2.24, 2.45) is 5.92 Å². The minimum Gasteiger partial charge on any atom is -0.497 e. The number of amides is 3. The summed E-state index contributed by atoms with van der Waals surface area (Å²) >= 11 is 0. The first-order valence-electron chi connectivity index (χ1n) is 13.1. The number of rotatable bonds is 14. The quantitative estimate of drug-likeness (QED) is 0.299. The van der Waals surface area contributed by atoms with Gasteiger partial charge in [-0.25, -0.2) is 4.79 Å². The highest BCUT2D eigenvalue weighted by molar-refractivity contribution is 6.01. The van der Waals surface area contributed by atoms with E-state index < -0.39 is 41.6 Å². The van der Waals surface area contributed by atoms with Gasteiger partial charge in [0.25, 0.3) is 0 Å². The highest BCUT2D eigenvalue weighted by Gasteiger charge is 2.32. The fraction of sp³-hybridized carbons (Fsp3) is 0.517. The van der Waals surface area contributed by atoms with Crippen LogP contribution in [-0.4, -0.2) is 68.2 Å². The normalized spacial score (nSPS) is 13.6. The van der Waals surface area contributed by atoms with Gasteiger partial charge in [0.15, 0.2) is 5.76 Å². The molecule has 0 saturated carbocycles. The number of alkyl carbamates (subject to hydrolysis) is 1. The van der Waals surface area contributed by atoms with Gasteiger partial charge in [0.2, 0.25) is 17.6 Å². The van der Waals surface area contributed by atoms with Crippen LogP contribution in [-0.2, 0) is 25.5 Å². The second-order valence-corrected chi connectivity index (χ2v) is 10.8. The van der Waals surface area contributed by atoms with Crippen molar-refractivity contribution in [3.8, 4) is 5.75 Å². The second kappa shape index (κ2) is 15.1. The lowest BCUT2D eigenvalue weighted by Gasteiger charge is -2.26. The lowest BCUT2D eigenvalue weighted by molar-refractivity contribution is -0.131. The van der Waals surface area contributed by atoms with Gasteiger partial charge < -0.3 is 34.6 Å². The van der Waals surface area contributed by atoms with Crippen LogP contribution in [0, 0.1) is 5.92 Å². The summed E-state index contributed by atoms with van der Waals surface area (Å²) < 4.78 is 20.9. The maximum atomic E-state index is 13.4. The Morgan fingerprint density at radius 1 is 0.875 bits per heavy atom. The van der Waals surface area contributed by atoms with Gasteiger partial charge in [-0.3, -0.25) is 14.4 Å². The van der Waals surface area contributed by atoms with E-state index in [0.29, 0.717) is 12.2 Å². The summed E-state index contributed by atoms with van der Waals surface area (Å²) in [7, 11) is 2.93. The molecule has 0 aliphatic heterocycles. The van der Waals surface area contributed by atoms with E-state index >= 15 is 0 Å². The summed E-state index contributed by atoms with van der Waals surface area (Å²) in [6.45, 7) is 8.82. The van der Waals surface area contributed by atoms with Gasteiger partial charge >= 0.3 is 6.09 Å². The number of Topliss-reactive ketones (excluding diaryl/α,β-unsaturated/α-hetero) is 1. The monoisotopic (exact) mass is 559 g/mol. The first-order chi connectivity index (χ1) is 18.8. The van der Waals surface area contributed by atoms with Crippen LogP contribution in [0.5, 0.6) is 5.75 Å². The predicted octanol–water partition coefficient (Wildman–Crippen LogP) is 3.27. The summed E-state index contributed by atoms with van der Waals surface area (Å²) in [5.41, 5.74) is -0.0406. The van der Waals surface area contributed by atoms with Crippen molar-refractivity contribution in [3.05, 3.63) is 54.0 Å². The molecule has 11 heteroatoms. The standard InChI is InChI=1S/C29H41N3O8/c1-18(2)15-21(25(33)24-9-8-14-39-24)30-27(35)23(17-37-6)31-26(34)22(32-28(36)40-29(3,4)5)16-19-10-12-20(38-7)13-11-19/h8-14,18,21-23H,15-17H2,1-7H3,(H,30,35)(H,31,34)(H,32,36)/t21-,22-,23-/m0/s1. The van der Waals surface area contributed by atoms with Crippen molar-refractivity contribution in [2.45, 2.75) is 71.2 Å². The summed E-state index contributed by atoms with van der Waals surface area (Å²) in [6.07, 6.45) is 1.08. The maximum Gasteiger partial charge on any atom is 0.408 e. The minimum absolute atomic E-state index is 0.0894. The number of carbonyl (C=O) groups excluding carboxylic acids is 4. The Bertz CT molecular complexity index is 1110. The number of hydrogen-bond donors (Lipinski definition) is 3. The van der Waals surface area contributed by atoms with Crippen LogP contribution in [0.2, 0.25) is 0 Å². The average Bonchev–Trinajstić information content (AvgIpc) is 3.41. The summed E-state index contributed by atoms with van der Waals surface area (Å²) in [4.78, 5) is 52.2. The van der Waals surface area contributed by atoms with Crippen LogP contribution in [0.1, 0.15) is 57.2 Å². The molecule has 0 spiro atoms. The predicted molar refractivity (Wildman–Crippen MR) is 148 cm³/mol. The number of benzene rings is 1. The fourth-order valence-corrected chi connectivity index (χ4v) is 3.84. The molecular formula is C29H41N3O8. The van der Waals surface area contributed by atoms with Crippen molar-refractivity contribution in [3.63, 3.8) is 0 Å². The van der Waals surface area contributed by atoms with Gasteiger partial charge in [0, 0.05) is 13.5 Å². The smallest absolute Gasteiger partial charge is 0.408 e. The van der Waals surface area contributed by atoms with Crippen LogP contribution in [0.15, 0.2) is 47.1 Å². The van der Waals surface area contributed by atoms with Gasteiger partial charge in [0.1, 0.15) is 23.4 Å². The highest BCUT2D eigenvalue weighted by atomic mass is 16.6. The zero-order valence-corrected chi connectivity index (χ0v) is 24.2. The lowest BCUT2D eigenvalue weighted by Crippen LogP contribution is -2.57. The number of methoxy groups -OCH3 is 2. The Balaban J connectivity index is 2.23. The van der Waals surface area contributed by atoms with Gasteiger partial charge in [-0.1, -0.05) is 26.0 Å². The van der Waals surface area contributed by atoms with E-state index in [4.69, 9.17) is 18.6 Å². The van der Waals surface area contributed by atoms with E-state index in [1.807, 2.05) is 13.8 Å². The topological polar surface area (TPSA) is 145 Å². The van der Waals surface area contributed by atoms with Crippen LogP contribution >= 0.6 is 0 Å². The summed E-state index contributed by atoms with van der Waals surface area (Å²) in [5.74, 6) is -0.760. The molecule has 0 aliphatic carbocycles. The van der Waals surface area contributed by atoms with Crippen molar-refractivity contribution in [1.82, 2.24) is 16.0 Å². The SMILES string of the molecule is COC[C@H](NC(=O)[C@H](Cc1ccc(OC)cc1)NC(=O)OC(C)(C)C)C(=O)N[C@@H](CC(C)C)C(=O)c1ccco1. The molecule has 3 amide bonds. The fourth-order valence-electron chi connectivity index (χ4n) is 3.84. The van der Waals surface area contributed by atoms with Gasteiger partial charge in [-0.05, 0) is 62.9 Å². The van der Waals surface area contributed by atoms with Crippen LogP contribution in [0.25, 0.3) is 0 Å². The molecule has 3 N–H and O–H groups in total. The van der Waals surface area contributed by atoms with Crippen LogP contribution < -0.4 is 20.7 Å². The maximum absolute atomic E-state index is 13.4. The Kier molecular flexibility index (Phi) is 12.2. The molecule has 0 radical (unpaired) electrons. The molecule has 40 heavy (non-hydrogen) atoms. The van der Waals surface area contributed by atoms with E-state index in [-0.39, 0.29) is 30.5 Å². The van der Waals surface area contributed by atoms with Crippen molar-refractivity contribution in [1.29, 1.82) is 0 Å². The number of hydrogen-bond acceptors (Lipinski definition) is 8. The van der Waals surface area contributed by atoms with Crippen LogP contribution in [0.4, 0.5) is 4.79 Å². The number of carbonyl (C=O) groups is 4. The average molecular weight is 560 g/mol. The second-order valence-electron chi connectivity index (χ2n) is 10.8. The molecule has 2 aromatic rings. The molecular weight excluding hydrogens is 518 g/mol. The lowest BCUT2D eigenvalue weighted by atomic mass is 9.98. The largest absolute Gasteiger partial charge is 0.497 e. The van der Waals surface area contributed by atoms with Gasteiger partial charge in [-0.15, -0.1) is 0 Å².